The summed E-state index contributed by atoms with van der Waals surface area (Å²) in [6.45, 7) is 0. The maximum atomic E-state index is 4.96. The minimum atomic E-state index is 0.729. The zero-order valence-electron chi connectivity index (χ0n) is 22.9. The van der Waals surface area contributed by atoms with Crippen LogP contribution in [-0.4, -0.2) is 9.97 Å². The highest BCUT2D eigenvalue weighted by Gasteiger charge is 2.13. The molecular weight excluding hydrogens is 508 g/mol. The van der Waals surface area contributed by atoms with E-state index in [1.165, 1.54) is 43.4 Å². The van der Waals surface area contributed by atoms with Crippen LogP contribution in [0.25, 0.3) is 77.2 Å². The number of rotatable bonds is 4. The lowest BCUT2D eigenvalue weighted by molar-refractivity contribution is 1.18. The third-order valence-electron chi connectivity index (χ3n) is 8.14. The maximum absolute atomic E-state index is 4.96. The van der Waals surface area contributed by atoms with E-state index in [0.29, 0.717) is 0 Å². The summed E-state index contributed by atoms with van der Waals surface area (Å²) in [5.74, 6) is 0.729. The van der Waals surface area contributed by atoms with Crippen LogP contribution in [0.3, 0.4) is 0 Å². The van der Waals surface area contributed by atoms with Crippen LogP contribution < -0.4 is 0 Å². The van der Waals surface area contributed by atoms with E-state index in [-0.39, 0.29) is 0 Å². The lowest BCUT2D eigenvalue weighted by Gasteiger charge is -2.14. The summed E-state index contributed by atoms with van der Waals surface area (Å²) in [6.07, 6.45) is 1.85. The molecule has 0 amide bonds. The Kier molecular flexibility index (Phi) is 5.82. The highest BCUT2D eigenvalue weighted by Crippen LogP contribution is 2.38. The van der Waals surface area contributed by atoms with Crippen LogP contribution in [0, 0.1) is 0 Å². The van der Waals surface area contributed by atoms with Gasteiger partial charge in [-0.05, 0) is 72.8 Å². The number of hydrogen-bond donors (Lipinski definition) is 0. The van der Waals surface area contributed by atoms with Crippen molar-refractivity contribution in [1.82, 2.24) is 9.97 Å². The molecule has 0 aliphatic heterocycles. The number of hydrogen-bond acceptors (Lipinski definition) is 2. The van der Waals surface area contributed by atoms with Crippen LogP contribution in [0.15, 0.2) is 158 Å². The largest absolute Gasteiger partial charge is 0.237 e. The zero-order valence-corrected chi connectivity index (χ0v) is 22.9. The average Bonchev–Trinajstić information content (AvgIpc) is 3.09. The van der Waals surface area contributed by atoms with E-state index < -0.39 is 0 Å². The third kappa shape index (κ3) is 4.13. The molecule has 7 aromatic carbocycles. The van der Waals surface area contributed by atoms with Crippen LogP contribution in [0.4, 0.5) is 0 Å². The monoisotopic (exact) mass is 534 g/mol. The van der Waals surface area contributed by atoms with Crippen molar-refractivity contribution in [2.45, 2.75) is 0 Å². The van der Waals surface area contributed by atoms with Gasteiger partial charge in [0.1, 0.15) is 0 Å². The van der Waals surface area contributed by atoms with Crippen LogP contribution >= 0.6 is 0 Å². The summed E-state index contributed by atoms with van der Waals surface area (Å²) in [4.78, 5) is 9.50. The van der Waals surface area contributed by atoms with Gasteiger partial charge >= 0.3 is 0 Å². The quantitative estimate of drug-likeness (QED) is 0.210. The molecule has 0 unspecified atom stereocenters. The molecule has 0 saturated carbocycles. The molecule has 0 saturated heterocycles. The molecule has 42 heavy (non-hydrogen) atoms. The van der Waals surface area contributed by atoms with Gasteiger partial charge < -0.3 is 0 Å². The predicted molar refractivity (Wildman–Crippen MR) is 176 cm³/mol. The Morgan fingerprint density at radius 3 is 1.62 bits per heavy atom. The van der Waals surface area contributed by atoms with Crippen molar-refractivity contribution in [2.24, 2.45) is 0 Å². The summed E-state index contributed by atoms with van der Waals surface area (Å²) >= 11 is 0. The van der Waals surface area contributed by atoms with E-state index in [2.05, 4.69) is 120 Å². The highest BCUT2D eigenvalue weighted by atomic mass is 14.9. The summed E-state index contributed by atoms with van der Waals surface area (Å²) in [7, 11) is 0. The first-order valence-electron chi connectivity index (χ1n) is 14.3. The second kappa shape index (κ2) is 10.1. The van der Waals surface area contributed by atoms with Crippen molar-refractivity contribution in [3.05, 3.63) is 158 Å². The van der Waals surface area contributed by atoms with E-state index in [0.717, 1.165) is 33.8 Å². The van der Waals surface area contributed by atoms with Gasteiger partial charge in [-0.15, -0.1) is 0 Å². The van der Waals surface area contributed by atoms with E-state index in [4.69, 9.17) is 4.98 Å². The van der Waals surface area contributed by atoms with Crippen LogP contribution in [-0.2, 0) is 0 Å². The number of benzene rings is 7. The molecule has 0 aliphatic carbocycles. The Morgan fingerprint density at radius 2 is 0.881 bits per heavy atom. The predicted octanol–water partition coefficient (Wildman–Crippen LogP) is 10.6. The van der Waals surface area contributed by atoms with E-state index in [1.54, 1.807) is 0 Å². The molecule has 1 aromatic heterocycles. The van der Waals surface area contributed by atoms with E-state index in [1.807, 2.05) is 42.6 Å². The maximum Gasteiger partial charge on any atom is 0.159 e. The normalized spacial score (nSPS) is 11.3. The second-order valence-corrected chi connectivity index (χ2v) is 10.6. The third-order valence-corrected chi connectivity index (χ3v) is 8.14. The highest BCUT2D eigenvalue weighted by molar-refractivity contribution is 6.25. The molecular formula is C40H26N2. The summed E-state index contributed by atoms with van der Waals surface area (Å²) in [6, 6.07) is 53.8. The van der Waals surface area contributed by atoms with Crippen molar-refractivity contribution < 1.29 is 0 Å². The van der Waals surface area contributed by atoms with Gasteiger partial charge in [0.05, 0.1) is 5.69 Å². The van der Waals surface area contributed by atoms with Crippen molar-refractivity contribution in [2.75, 3.05) is 0 Å². The molecule has 2 heteroatoms. The SMILES string of the molecule is c1ccc(-c2nccc(-c3ccccc3-c3cccc(-c4ccc5c6ccccc6c6ccccc6c5c4)c3)n2)cc1. The minimum absolute atomic E-state index is 0.729. The molecule has 2 nitrogen and oxygen atoms in total. The Labute approximate surface area is 244 Å². The molecule has 1 heterocycles. The Bertz CT molecular complexity index is 2210. The lowest BCUT2D eigenvalue weighted by Crippen LogP contribution is -1.93. The summed E-state index contributed by atoms with van der Waals surface area (Å²) in [5.41, 5.74) is 7.71. The van der Waals surface area contributed by atoms with Crippen molar-refractivity contribution in [3.63, 3.8) is 0 Å². The number of fused-ring (bicyclic) bond motifs is 6. The van der Waals surface area contributed by atoms with Crippen molar-refractivity contribution in [3.8, 4) is 44.9 Å². The van der Waals surface area contributed by atoms with Gasteiger partial charge in [-0.25, -0.2) is 9.97 Å². The first-order chi connectivity index (χ1) is 20.8. The molecule has 0 N–H and O–H groups in total. The average molecular weight is 535 g/mol. The first-order valence-corrected chi connectivity index (χ1v) is 14.3. The molecule has 8 rings (SSSR count). The van der Waals surface area contributed by atoms with Gasteiger partial charge in [-0.1, -0.05) is 133 Å². The van der Waals surface area contributed by atoms with Crippen molar-refractivity contribution >= 4 is 32.3 Å². The molecule has 0 bridgehead atoms. The molecule has 0 fully saturated rings. The zero-order chi connectivity index (χ0) is 27.9. The fourth-order valence-corrected chi connectivity index (χ4v) is 6.15. The number of aromatic nitrogens is 2. The molecule has 0 radical (unpaired) electrons. The lowest BCUT2D eigenvalue weighted by atomic mass is 9.91. The molecule has 196 valence electrons. The van der Waals surface area contributed by atoms with Crippen molar-refractivity contribution in [1.29, 1.82) is 0 Å². The van der Waals surface area contributed by atoms with E-state index in [9.17, 15) is 0 Å². The molecule has 0 spiro atoms. The van der Waals surface area contributed by atoms with Crippen LogP contribution in [0.1, 0.15) is 0 Å². The van der Waals surface area contributed by atoms with Gasteiger partial charge in [0, 0.05) is 17.3 Å². The van der Waals surface area contributed by atoms with E-state index >= 15 is 0 Å². The van der Waals surface area contributed by atoms with Gasteiger partial charge in [0.25, 0.3) is 0 Å². The van der Waals surface area contributed by atoms with Gasteiger partial charge in [-0.3, -0.25) is 0 Å². The Morgan fingerprint density at radius 1 is 0.333 bits per heavy atom. The second-order valence-electron chi connectivity index (χ2n) is 10.6. The topological polar surface area (TPSA) is 25.8 Å². The number of nitrogens with zero attached hydrogens (tertiary/aromatic N) is 2. The molecule has 0 atom stereocenters. The fourth-order valence-electron chi connectivity index (χ4n) is 6.15. The summed E-state index contributed by atoms with van der Waals surface area (Å²) < 4.78 is 0. The first kappa shape index (κ1) is 24.2. The molecule has 8 aromatic rings. The minimum Gasteiger partial charge on any atom is -0.237 e. The Balaban J connectivity index is 1.25. The van der Waals surface area contributed by atoms with Crippen LogP contribution in [0.5, 0.6) is 0 Å². The van der Waals surface area contributed by atoms with Crippen LogP contribution in [0.2, 0.25) is 0 Å². The standard InChI is InChI=1S/C40H26N2/c1-2-11-27(12-3-1)40-41-24-23-39(42-40)37-20-9-4-15-31(37)30-14-10-13-28(25-30)29-21-22-36-34-18-6-5-16-32(34)33-17-7-8-19-35(33)38(36)26-29/h1-26H. The van der Waals surface area contributed by atoms with Gasteiger partial charge in [0.15, 0.2) is 5.82 Å². The summed E-state index contributed by atoms with van der Waals surface area (Å²) in [5, 5.41) is 7.73. The van der Waals surface area contributed by atoms with Gasteiger partial charge in [-0.2, -0.15) is 0 Å². The Hall–Kier alpha value is -5.60. The fraction of sp³-hybridized carbons (Fsp3) is 0. The van der Waals surface area contributed by atoms with Gasteiger partial charge in [0.2, 0.25) is 0 Å². The molecule has 0 aliphatic rings. The smallest absolute Gasteiger partial charge is 0.159 e.